The zero-order valence-electron chi connectivity index (χ0n) is 16.6. The fraction of sp³-hybridized carbons (Fsp3) is 0.261. The summed E-state index contributed by atoms with van der Waals surface area (Å²) < 4.78 is 2.05. The Kier molecular flexibility index (Phi) is 5.17. The van der Waals surface area contributed by atoms with Gasteiger partial charge in [0, 0.05) is 41.8 Å². The molecule has 0 saturated carbocycles. The summed E-state index contributed by atoms with van der Waals surface area (Å²) in [5.74, 6) is 0.755. The van der Waals surface area contributed by atoms with Crippen molar-refractivity contribution in [2.24, 2.45) is 0 Å². The molecule has 142 valence electrons. The van der Waals surface area contributed by atoms with Crippen LogP contribution in [0.1, 0.15) is 23.9 Å². The summed E-state index contributed by atoms with van der Waals surface area (Å²) in [4.78, 5) is 9.13. The highest BCUT2D eigenvalue weighted by atomic mass is 15.3. The second kappa shape index (κ2) is 7.90. The molecule has 0 spiro atoms. The molecular formula is C23H25N5. The van der Waals surface area contributed by atoms with Gasteiger partial charge in [-0.15, -0.1) is 0 Å². The van der Waals surface area contributed by atoms with Crippen LogP contribution in [0.25, 0.3) is 22.2 Å². The lowest BCUT2D eigenvalue weighted by atomic mass is 10.1. The highest BCUT2D eigenvalue weighted by Gasteiger charge is 2.08. The number of fused-ring (bicyclic) bond motifs is 1. The molecule has 2 aromatic carbocycles. The van der Waals surface area contributed by atoms with Crippen LogP contribution < -0.4 is 5.32 Å². The van der Waals surface area contributed by atoms with E-state index < -0.39 is 0 Å². The normalized spacial score (nSPS) is 12.4. The van der Waals surface area contributed by atoms with Crippen LogP contribution >= 0.6 is 0 Å². The minimum atomic E-state index is 0.304. The molecule has 1 unspecified atom stereocenters. The van der Waals surface area contributed by atoms with E-state index in [1.54, 1.807) is 0 Å². The lowest BCUT2D eigenvalue weighted by molar-refractivity contribution is 0.443. The molecule has 0 aliphatic rings. The third-order valence-corrected chi connectivity index (χ3v) is 4.92. The summed E-state index contributed by atoms with van der Waals surface area (Å²) in [6, 6.07) is 17.1. The van der Waals surface area contributed by atoms with E-state index in [1.165, 1.54) is 16.5 Å². The number of aromatic nitrogens is 4. The van der Waals surface area contributed by atoms with Gasteiger partial charge in [0.2, 0.25) is 0 Å². The molecule has 0 aliphatic heterocycles. The molecule has 4 rings (SSSR count). The topological polar surface area (TPSA) is 55.6 Å². The van der Waals surface area contributed by atoms with Crippen molar-refractivity contribution < 1.29 is 0 Å². The van der Waals surface area contributed by atoms with Crippen molar-refractivity contribution in [3.8, 4) is 11.4 Å². The van der Waals surface area contributed by atoms with Crippen LogP contribution in [0.3, 0.4) is 0 Å². The van der Waals surface area contributed by atoms with Crippen LogP contribution in [-0.2, 0) is 13.1 Å². The van der Waals surface area contributed by atoms with E-state index >= 15 is 0 Å². The van der Waals surface area contributed by atoms with E-state index in [1.807, 2.05) is 24.0 Å². The van der Waals surface area contributed by atoms with Crippen LogP contribution in [0.5, 0.6) is 0 Å². The van der Waals surface area contributed by atoms with Gasteiger partial charge in [-0.25, -0.2) is 9.97 Å². The molecule has 0 bridgehead atoms. The molecule has 1 N–H and O–H groups in total. The van der Waals surface area contributed by atoms with Gasteiger partial charge in [0.25, 0.3) is 0 Å². The smallest absolute Gasteiger partial charge is 0.159 e. The Bertz CT molecular complexity index is 1080. The molecule has 1 atom stereocenters. The Hall–Kier alpha value is -3.05. The maximum absolute atomic E-state index is 4.57. The molecule has 4 aromatic rings. The molecule has 0 aliphatic carbocycles. The monoisotopic (exact) mass is 371 g/mol. The standard InChI is InChI=1S/C23H25N5/c1-16-10-18(3)28(27-16)15-17(2)24-12-19-13-25-23(26-14-19)22-9-8-20-6-4-5-7-21(20)11-22/h4-11,13-14,17,24H,12,15H2,1-3H3. The Labute approximate surface area is 165 Å². The van der Waals surface area contributed by atoms with E-state index in [9.17, 15) is 0 Å². The van der Waals surface area contributed by atoms with Gasteiger partial charge in [-0.2, -0.15) is 5.10 Å². The lowest BCUT2D eigenvalue weighted by Gasteiger charge is -2.15. The predicted octanol–water partition coefficient (Wildman–Crippen LogP) is 4.29. The number of benzene rings is 2. The number of rotatable bonds is 6. The molecule has 2 heterocycles. The number of nitrogens with zero attached hydrogens (tertiary/aromatic N) is 4. The van der Waals surface area contributed by atoms with Gasteiger partial charge in [0.15, 0.2) is 5.82 Å². The van der Waals surface area contributed by atoms with Crippen molar-refractivity contribution in [2.45, 2.75) is 39.9 Å². The molecule has 28 heavy (non-hydrogen) atoms. The summed E-state index contributed by atoms with van der Waals surface area (Å²) in [6.45, 7) is 7.86. The van der Waals surface area contributed by atoms with Gasteiger partial charge in [-0.1, -0.05) is 36.4 Å². The Balaban J connectivity index is 1.39. The van der Waals surface area contributed by atoms with Crippen molar-refractivity contribution >= 4 is 10.8 Å². The van der Waals surface area contributed by atoms with Crippen molar-refractivity contribution in [2.75, 3.05) is 0 Å². The molecule has 5 nitrogen and oxygen atoms in total. The van der Waals surface area contributed by atoms with E-state index in [0.29, 0.717) is 6.04 Å². The number of hydrogen-bond acceptors (Lipinski definition) is 4. The second-order valence-electron chi connectivity index (χ2n) is 7.37. The summed E-state index contributed by atoms with van der Waals surface area (Å²) in [7, 11) is 0. The average molecular weight is 371 g/mol. The number of nitrogens with one attached hydrogen (secondary N) is 1. The average Bonchev–Trinajstić information content (AvgIpc) is 3.03. The Morgan fingerprint density at radius 1 is 0.964 bits per heavy atom. The summed E-state index contributed by atoms with van der Waals surface area (Å²) in [5.41, 5.74) is 4.36. The highest BCUT2D eigenvalue weighted by molar-refractivity contribution is 5.86. The zero-order valence-corrected chi connectivity index (χ0v) is 16.6. The second-order valence-corrected chi connectivity index (χ2v) is 7.37. The van der Waals surface area contributed by atoms with Crippen LogP contribution in [-0.4, -0.2) is 25.8 Å². The summed E-state index contributed by atoms with van der Waals surface area (Å²) in [6.07, 6.45) is 3.81. The molecule has 0 radical (unpaired) electrons. The molecule has 0 saturated heterocycles. The quantitative estimate of drug-likeness (QED) is 0.549. The van der Waals surface area contributed by atoms with Crippen LogP contribution in [0.4, 0.5) is 0 Å². The van der Waals surface area contributed by atoms with Crippen molar-refractivity contribution in [3.63, 3.8) is 0 Å². The SMILES string of the molecule is Cc1cc(C)n(CC(C)NCc2cnc(-c3ccc4ccccc4c3)nc2)n1. The maximum atomic E-state index is 4.57. The first-order valence-corrected chi connectivity index (χ1v) is 9.63. The van der Waals surface area contributed by atoms with Crippen LogP contribution in [0.15, 0.2) is 60.9 Å². The van der Waals surface area contributed by atoms with Crippen LogP contribution in [0, 0.1) is 13.8 Å². The summed E-state index contributed by atoms with van der Waals surface area (Å²) in [5, 5.41) is 10.5. The van der Waals surface area contributed by atoms with Gasteiger partial charge < -0.3 is 5.32 Å². The number of aryl methyl sites for hydroxylation is 2. The van der Waals surface area contributed by atoms with Gasteiger partial charge in [0.05, 0.1) is 12.2 Å². The van der Waals surface area contributed by atoms with Gasteiger partial charge in [-0.05, 0) is 43.7 Å². The van der Waals surface area contributed by atoms with Crippen molar-refractivity contribution in [3.05, 3.63) is 77.9 Å². The predicted molar refractivity (Wildman–Crippen MR) is 113 cm³/mol. The molecule has 0 amide bonds. The lowest BCUT2D eigenvalue weighted by Crippen LogP contribution is -2.30. The van der Waals surface area contributed by atoms with Gasteiger partial charge in [0.1, 0.15) is 0 Å². The molecule has 2 aromatic heterocycles. The first kappa shape index (κ1) is 18.3. The summed E-state index contributed by atoms with van der Waals surface area (Å²) >= 11 is 0. The first-order valence-electron chi connectivity index (χ1n) is 9.63. The fourth-order valence-corrected chi connectivity index (χ4v) is 3.40. The maximum Gasteiger partial charge on any atom is 0.159 e. The van der Waals surface area contributed by atoms with E-state index in [2.05, 4.69) is 82.8 Å². The minimum Gasteiger partial charge on any atom is -0.308 e. The van der Waals surface area contributed by atoms with E-state index in [0.717, 1.165) is 35.7 Å². The van der Waals surface area contributed by atoms with Crippen molar-refractivity contribution in [1.82, 2.24) is 25.1 Å². The zero-order chi connectivity index (χ0) is 19.5. The Morgan fingerprint density at radius 3 is 2.43 bits per heavy atom. The number of hydrogen-bond donors (Lipinski definition) is 1. The Morgan fingerprint density at radius 2 is 1.71 bits per heavy atom. The third-order valence-electron chi connectivity index (χ3n) is 4.92. The van der Waals surface area contributed by atoms with E-state index in [4.69, 9.17) is 0 Å². The first-order chi connectivity index (χ1) is 13.6. The van der Waals surface area contributed by atoms with Gasteiger partial charge >= 0.3 is 0 Å². The molecule has 0 fully saturated rings. The van der Waals surface area contributed by atoms with E-state index in [-0.39, 0.29) is 0 Å². The molecular weight excluding hydrogens is 346 g/mol. The third kappa shape index (κ3) is 4.10. The minimum absolute atomic E-state index is 0.304. The van der Waals surface area contributed by atoms with Crippen molar-refractivity contribution in [1.29, 1.82) is 0 Å². The fourth-order valence-electron chi connectivity index (χ4n) is 3.40. The molecule has 5 heteroatoms. The van der Waals surface area contributed by atoms with Gasteiger partial charge in [-0.3, -0.25) is 4.68 Å². The largest absolute Gasteiger partial charge is 0.308 e. The highest BCUT2D eigenvalue weighted by Crippen LogP contribution is 2.21. The van der Waals surface area contributed by atoms with Crippen LogP contribution in [0.2, 0.25) is 0 Å².